The maximum absolute atomic E-state index is 11.6. The van der Waals surface area contributed by atoms with Crippen LogP contribution in [0.1, 0.15) is 19.8 Å². The normalized spacial score (nSPS) is 11.9. The third-order valence-electron chi connectivity index (χ3n) is 2.40. The number of halogens is 1. The highest BCUT2D eigenvalue weighted by Crippen LogP contribution is 2.17. The van der Waals surface area contributed by atoms with Gasteiger partial charge in [-0.15, -0.1) is 11.8 Å². The van der Waals surface area contributed by atoms with Gasteiger partial charge in [0, 0.05) is 22.9 Å². The Labute approximate surface area is 121 Å². The van der Waals surface area contributed by atoms with Crippen molar-refractivity contribution in [2.45, 2.75) is 25.0 Å². The summed E-state index contributed by atoms with van der Waals surface area (Å²) in [7, 11) is 0. The Hall–Kier alpha value is -1.20. The van der Waals surface area contributed by atoms with Gasteiger partial charge in [0.05, 0.1) is 0 Å². The van der Waals surface area contributed by atoms with Crippen molar-refractivity contribution in [2.75, 3.05) is 11.1 Å². The van der Waals surface area contributed by atoms with Crippen LogP contribution in [-0.4, -0.2) is 28.0 Å². The number of carbonyl (C=O) groups excluding carboxylic acids is 1. The maximum Gasteiger partial charge on any atom is 0.316 e. The van der Waals surface area contributed by atoms with E-state index in [4.69, 9.17) is 16.7 Å². The highest BCUT2D eigenvalue weighted by molar-refractivity contribution is 8.00. The minimum atomic E-state index is -0.831. The highest BCUT2D eigenvalue weighted by Gasteiger charge is 2.15. The van der Waals surface area contributed by atoms with Crippen LogP contribution in [0.15, 0.2) is 24.3 Å². The average molecular weight is 302 g/mol. The molecule has 0 heterocycles. The second-order valence-electron chi connectivity index (χ2n) is 3.91. The molecule has 0 spiro atoms. The first kappa shape index (κ1) is 15.9. The van der Waals surface area contributed by atoms with Gasteiger partial charge in [-0.1, -0.05) is 24.6 Å². The van der Waals surface area contributed by atoms with Crippen molar-refractivity contribution < 1.29 is 14.7 Å². The quantitative estimate of drug-likeness (QED) is 0.811. The van der Waals surface area contributed by atoms with Gasteiger partial charge in [0.1, 0.15) is 5.25 Å². The van der Waals surface area contributed by atoms with Crippen molar-refractivity contribution in [1.82, 2.24) is 0 Å². The topological polar surface area (TPSA) is 66.4 Å². The molecule has 19 heavy (non-hydrogen) atoms. The van der Waals surface area contributed by atoms with Crippen molar-refractivity contribution in [1.29, 1.82) is 0 Å². The van der Waals surface area contributed by atoms with Crippen molar-refractivity contribution in [3.63, 3.8) is 0 Å². The van der Waals surface area contributed by atoms with Crippen LogP contribution in [0.3, 0.4) is 0 Å². The Morgan fingerprint density at radius 3 is 2.79 bits per heavy atom. The third-order valence-corrected chi connectivity index (χ3v) is 4.02. The zero-order valence-corrected chi connectivity index (χ0v) is 12.1. The van der Waals surface area contributed by atoms with Crippen LogP contribution in [-0.2, 0) is 9.59 Å². The lowest BCUT2D eigenvalue weighted by atomic mass is 10.3. The predicted octanol–water partition coefficient (Wildman–Crippen LogP) is 3.27. The number of carbonyl (C=O) groups is 2. The summed E-state index contributed by atoms with van der Waals surface area (Å²) in [5, 5.41) is 11.7. The Morgan fingerprint density at radius 1 is 1.47 bits per heavy atom. The Kier molecular flexibility index (Phi) is 6.73. The van der Waals surface area contributed by atoms with Crippen LogP contribution < -0.4 is 5.32 Å². The molecule has 1 rings (SSSR count). The summed E-state index contributed by atoms with van der Waals surface area (Å²) in [5.74, 6) is -0.491. The van der Waals surface area contributed by atoms with Crippen molar-refractivity contribution in [3.05, 3.63) is 29.3 Å². The van der Waals surface area contributed by atoms with Crippen LogP contribution in [0.2, 0.25) is 5.02 Å². The fraction of sp³-hybridized carbons (Fsp3) is 0.385. The summed E-state index contributed by atoms with van der Waals surface area (Å²) in [6, 6.07) is 6.90. The number of amides is 1. The van der Waals surface area contributed by atoms with Gasteiger partial charge >= 0.3 is 5.97 Å². The number of rotatable bonds is 7. The second-order valence-corrected chi connectivity index (χ2v) is 5.66. The van der Waals surface area contributed by atoms with Gasteiger partial charge in [0.15, 0.2) is 0 Å². The highest BCUT2D eigenvalue weighted by atomic mass is 35.5. The zero-order chi connectivity index (χ0) is 14.3. The number of aliphatic carboxylic acids is 1. The molecule has 0 saturated carbocycles. The number of anilines is 1. The van der Waals surface area contributed by atoms with Crippen LogP contribution in [0.5, 0.6) is 0 Å². The van der Waals surface area contributed by atoms with Crippen LogP contribution in [0.25, 0.3) is 0 Å². The van der Waals surface area contributed by atoms with Gasteiger partial charge in [-0.2, -0.15) is 0 Å². The summed E-state index contributed by atoms with van der Waals surface area (Å²) in [6.45, 7) is 1.82. The molecular formula is C13H16ClNO3S. The molecule has 0 saturated heterocycles. The van der Waals surface area contributed by atoms with E-state index in [0.29, 0.717) is 22.9 Å². The minimum Gasteiger partial charge on any atom is -0.480 e. The number of thioether (sulfide) groups is 1. The van der Waals surface area contributed by atoms with E-state index in [1.54, 1.807) is 24.3 Å². The molecule has 0 bridgehead atoms. The fourth-order valence-electron chi connectivity index (χ4n) is 1.45. The van der Waals surface area contributed by atoms with E-state index in [-0.39, 0.29) is 12.3 Å². The van der Waals surface area contributed by atoms with Gasteiger partial charge in [-0.3, -0.25) is 9.59 Å². The fourth-order valence-corrected chi connectivity index (χ4v) is 2.60. The molecule has 6 heteroatoms. The molecule has 104 valence electrons. The lowest BCUT2D eigenvalue weighted by Crippen LogP contribution is -2.17. The van der Waals surface area contributed by atoms with E-state index in [1.807, 2.05) is 6.92 Å². The van der Waals surface area contributed by atoms with Gasteiger partial charge in [-0.05, 0) is 24.6 Å². The number of carboxylic acids is 1. The monoisotopic (exact) mass is 301 g/mol. The van der Waals surface area contributed by atoms with Crippen molar-refractivity contribution >= 4 is 40.9 Å². The predicted molar refractivity (Wildman–Crippen MR) is 78.9 cm³/mol. The summed E-state index contributed by atoms with van der Waals surface area (Å²) in [6.07, 6.45) is 0.830. The number of nitrogens with one attached hydrogen (secondary N) is 1. The molecule has 1 aromatic rings. The van der Waals surface area contributed by atoms with Gasteiger partial charge < -0.3 is 10.4 Å². The third kappa shape index (κ3) is 5.98. The Balaban J connectivity index is 2.34. The molecule has 1 atom stereocenters. The van der Waals surface area contributed by atoms with E-state index in [9.17, 15) is 9.59 Å². The summed E-state index contributed by atoms with van der Waals surface area (Å²) in [5.41, 5.74) is 0.646. The average Bonchev–Trinajstić information content (AvgIpc) is 2.34. The lowest BCUT2D eigenvalue weighted by molar-refractivity contribution is -0.136. The number of hydrogen-bond acceptors (Lipinski definition) is 3. The van der Waals surface area contributed by atoms with E-state index < -0.39 is 11.2 Å². The molecule has 0 radical (unpaired) electrons. The molecule has 4 nitrogen and oxygen atoms in total. The molecule has 1 aromatic carbocycles. The SMILES string of the molecule is CCC(SCCC(=O)Nc1cccc(Cl)c1)C(=O)O. The largest absolute Gasteiger partial charge is 0.480 e. The molecule has 0 aliphatic heterocycles. The van der Waals surface area contributed by atoms with Crippen LogP contribution in [0, 0.1) is 0 Å². The first-order chi connectivity index (χ1) is 9.02. The summed E-state index contributed by atoms with van der Waals surface area (Å²) < 4.78 is 0. The minimum absolute atomic E-state index is 0.144. The zero-order valence-electron chi connectivity index (χ0n) is 10.6. The molecule has 0 aliphatic rings. The standard InChI is InChI=1S/C13H16ClNO3S/c1-2-11(13(17)18)19-7-6-12(16)15-10-5-3-4-9(14)8-10/h3-5,8,11H,2,6-7H2,1H3,(H,15,16)(H,17,18). The van der Waals surface area contributed by atoms with E-state index in [0.717, 1.165) is 0 Å². The van der Waals surface area contributed by atoms with Gasteiger partial charge in [0.2, 0.25) is 5.91 Å². The molecule has 1 unspecified atom stereocenters. The molecule has 0 aromatic heterocycles. The van der Waals surface area contributed by atoms with Crippen molar-refractivity contribution in [2.24, 2.45) is 0 Å². The maximum atomic E-state index is 11.6. The first-order valence-corrected chi connectivity index (χ1v) is 7.35. The van der Waals surface area contributed by atoms with E-state index in [2.05, 4.69) is 5.32 Å². The van der Waals surface area contributed by atoms with Gasteiger partial charge in [-0.25, -0.2) is 0 Å². The molecule has 0 fully saturated rings. The first-order valence-electron chi connectivity index (χ1n) is 5.92. The smallest absolute Gasteiger partial charge is 0.316 e. The van der Waals surface area contributed by atoms with Crippen LogP contribution in [0.4, 0.5) is 5.69 Å². The molecule has 1 amide bonds. The second kappa shape index (κ2) is 8.07. The number of carboxylic acid groups (broad SMARTS) is 1. The summed E-state index contributed by atoms with van der Waals surface area (Å²) in [4.78, 5) is 22.4. The molecule has 2 N–H and O–H groups in total. The number of benzene rings is 1. The Bertz CT molecular complexity index is 453. The molecule has 0 aliphatic carbocycles. The molecular weight excluding hydrogens is 286 g/mol. The Morgan fingerprint density at radius 2 is 2.21 bits per heavy atom. The van der Waals surface area contributed by atoms with Crippen molar-refractivity contribution in [3.8, 4) is 0 Å². The van der Waals surface area contributed by atoms with Gasteiger partial charge in [0.25, 0.3) is 0 Å². The number of hydrogen-bond donors (Lipinski definition) is 2. The summed E-state index contributed by atoms with van der Waals surface area (Å²) >= 11 is 7.09. The lowest BCUT2D eigenvalue weighted by Gasteiger charge is -2.09. The van der Waals surface area contributed by atoms with E-state index >= 15 is 0 Å². The van der Waals surface area contributed by atoms with E-state index in [1.165, 1.54) is 11.8 Å². The van der Waals surface area contributed by atoms with Crippen LogP contribution >= 0.6 is 23.4 Å².